The number of methoxy groups -OCH3 is 1. The quantitative estimate of drug-likeness (QED) is 0.866. The van der Waals surface area contributed by atoms with Crippen LogP contribution in [0.4, 0.5) is 0 Å². The number of esters is 1. The predicted octanol–water partition coefficient (Wildman–Crippen LogP) is 2.91. The van der Waals surface area contributed by atoms with Crippen LogP contribution >= 0.6 is 12.4 Å². The van der Waals surface area contributed by atoms with Gasteiger partial charge in [0, 0.05) is 6.54 Å². The fraction of sp³-hybridized carbons (Fsp3) is 0.400. The molecular formula is C15H20ClNO2. The van der Waals surface area contributed by atoms with Crippen LogP contribution in [0.2, 0.25) is 0 Å². The third kappa shape index (κ3) is 4.69. The summed E-state index contributed by atoms with van der Waals surface area (Å²) in [5.74, 6) is 0.334. The molecule has 1 N–H and O–H groups in total. The van der Waals surface area contributed by atoms with Crippen molar-refractivity contribution in [3.8, 4) is 0 Å². The van der Waals surface area contributed by atoms with Gasteiger partial charge in [0.1, 0.15) is 0 Å². The molecular weight excluding hydrogens is 262 g/mol. The summed E-state index contributed by atoms with van der Waals surface area (Å²) in [5, 5.41) is 3.39. The minimum Gasteiger partial charge on any atom is -0.465 e. The maximum Gasteiger partial charge on any atom is 0.337 e. The summed E-state index contributed by atoms with van der Waals surface area (Å²) in [6, 6.07) is 7.48. The first-order chi connectivity index (χ1) is 8.79. The number of nitrogens with one attached hydrogen (secondary N) is 1. The Morgan fingerprint density at radius 3 is 2.68 bits per heavy atom. The molecule has 1 unspecified atom stereocenters. The van der Waals surface area contributed by atoms with Crippen molar-refractivity contribution < 1.29 is 9.53 Å². The molecule has 1 aromatic rings. The van der Waals surface area contributed by atoms with E-state index in [1.165, 1.54) is 20.0 Å². The van der Waals surface area contributed by atoms with Gasteiger partial charge in [-0.15, -0.1) is 12.4 Å². The van der Waals surface area contributed by atoms with Crippen molar-refractivity contribution in [1.29, 1.82) is 0 Å². The Balaban J connectivity index is 0.00000180. The number of rotatable bonds is 3. The Morgan fingerprint density at radius 1 is 1.37 bits per heavy atom. The molecule has 1 aromatic carbocycles. The van der Waals surface area contributed by atoms with Crippen molar-refractivity contribution in [1.82, 2.24) is 5.32 Å². The fourth-order valence-electron chi connectivity index (χ4n) is 2.14. The van der Waals surface area contributed by atoms with Gasteiger partial charge in [-0.25, -0.2) is 4.79 Å². The molecule has 0 spiro atoms. The highest BCUT2D eigenvalue weighted by molar-refractivity contribution is 5.89. The highest BCUT2D eigenvalue weighted by Crippen LogP contribution is 2.14. The third-order valence-electron chi connectivity index (χ3n) is 3.23. The van der Waals surface area contributed by atoms with Crippen LogP contribution in [0.15, 0.2) is 30.3 Å². The van der Waals surface area contributed by atoms with Crippen molar-refractivity contribution in [3.63, 3.8) is 0 Å². The van der Waals surface area contributed by atoms with Crippen LogP contribution in [0.1, 0.15) is 28.8 Å². The molecule has 1 saturated heterocycles. The van der Waals surface area contributed by atoms with Gasteiger partial charge in [0.2, 0.25) is 0 Å². The number of hydrogen-bond acceptors (Lipinski definition) is 3. The topological polar surface area (TPSA) is 38.3 Å². The summed E-state index contributed by atoms with van der Waals surface area (Å²) in [5.41, 5.74) is 1.71. The number of carbonyl (C=O) groups is 1. The molecule has 0 amide bonds. The second kappa shape index (κ2) is 7.97. The molecule has 2 rings (SSSR count). The van der Waals surface area contributed by atoms with Crippen LogP contribution < -0.4 is 5.32 Å². The number of halogens is 1. The van der Waals surface area contributed by atoms with E-state index in [4.69, 9.17) is 0 Å². The Bertz CT molecular complexity index is 422. The molecule has 1 heterocycles. The van der Waals surface area contributed by atoms with E-state index in [1.54, 1.807) is 12.1 Å². The third-order valence-corrected chi connectivity index (χ3v) is 3.23. The molecule has 1 aliphatic heterocycles. The Hall–Kier alpha value is -1.32. The summed E-state index contributed by atoms with van der Waals surface area (Å²) < 4.78 is 4.67. The Kier molecular flexibility index (Phi) is 6.60. The molecule has 1 atom stereocenters. The van der Waals surface area contributed by atoms with Gasteiger partial charge in [-0.3, -0.25) is 0 Å². The minimum absolute atomic E-state index is 0. The van der Waals surface area contributed by atoms with Gasteiger partial charge in [0.25, 0.3) is 0 Å². The second-order valence-electron chi connectivity index (χ2n) is 4.58. The van der Waals surface area contributed by atoms with Crippen LogP contribution in [0.25, 0.3) is 6.08 Å². The summed E-state index contributed by atoms with van der Waals surface area (Å²) in [7, 11) is 1.40. The van der Waals surface area contributed by atoms with Crippen molar-refractivity contribution >= 4 is 24.5 Å². The lowest BCUT2D eigenvalue weighted by Crippen LogP contribution is -2.28. The summed E-state index contributed by atoms with van der Waals surface area (Å²) in [6.45, 7) is 2.20. The van der Waals surface area contributed by atoms with Crippen LogP contribution in [0, 0.1) is 5.92 Å². The zero-order valence-corrected chi connectivity index (χ0v) is 11.9. The lowest BCUT2D eigenvalue weighted by Gasteiger charge is -2.19. The first kappa shape index (κ1) is 15.7. The molecule has 0 aliphatic carbocycles. The molecule has 19 heavy (non-hydrogen) atoms. The van der Waals surface area contributed by atoms with E-state index in [0.29, 0.717) is 11.5 Å². The molecule has 0 radical (unpaired) electrons. The van der Waals surface area contributed by atoms with Crippen molar-refractivity contribution in [2.45, 2.75) is 12.8 Å². The van der Waals surface area contributed by atoms with Gasteiger partial charge in [-0.1, -0.05) is 24.3 Å². The standard InChI is InChI=1S/C15H19NO2.ClH/c1-18-15(17)14-8-6-12(7-9-14)4-5-13-3-2-10-16-11-13;/h4-9,13,16H,2-3,10-11H2,1H3;1H/b5-4+;. The van der Waals surface area contributed by atoms with Crippen molar-refractivity contribution in [3.05, 3.63) is 41.5 Å². The fourth-order valence-corrected chi connectivity index (χ4v) is 2.14. The number of hydrogen-bond donors (Lipinski definition) is 1. The zero-order valence-electron chi connectivity index (χ0n) is 11.1. The number of carbonyl (C=O) groups excluding carboxylic acids is 1. The number of ether oxygens (including phenoxy) is 1. The van der Waals surface area contributed by atoms with Crippen molar-refractivity contribution in [2.24, 2.45) is 5.92 Å². The first-order valence-electron chi connectivity index (χ1n) is 6.37. The molecule has 0 aromatic heterocycles. The monoisotopic (exact) mass is 281 g/mol. The van der Waals surface area contributed by atoms with E-state index in [2.05, 4.69) is 22.2 Å². The Morgan fingerprint density at radius 2 is 2.11 bits per heavy atom. The van der Waals surface area contributed by atoms with Gasteiger partial charge in [-0.05, 0) is 43.0 Å². The highest BCUT2D eigenvalue weighted by atomic mass is 35.5. The lowest BCUT2D eigenvalue weighted by molar-refractivity contribution is 0.0601. The van der Waals surface area contributed by atoms with E-state index in [1.807, 2.05) is 12.1 Å². The first-order valence-corrected chi connectivity index (χ1v) is 6.37. The van der Waals surface area contributed by atoms with E-state index in [9.17, 15) is 4.79 Å². The van der Waals surface area contributed by atoms with Gasteiger partial charge in [0.05, 0.1) is 12.7 Å². The summed E-state index contributed by atoms with van der Waals surface area (Å²) in [4.78, 5) is 11.3. The zero-order chi connectivity index (χ0) is 12.8. The largest absolute Gasteiger partial charge is 0.465 e. The molecule has 0 saturated carbocycles. The summed E-state index contributed by atoms with van der Waals surface area (Å²) >= 11 is 0. The molecule has 1 fully saturated rings. The van der Waals surface area contributed by atoms with Crippen LogP contribution in [-0.4, -0.2) is 26.2 Å². The van der Waals surface area contributed by atoms with Gasteiger partial charge in [-0.2, -0.15) is 0 Å². The van der Waals surface area contributed by atoms with E-state index in [-0.39, 0.29) is 18.4 Å². The molecule has 0 bridgehead atoms. The summed E-state index contributed by atoms with van der Waals surface area (Å²) in [6.07, 6.45) is 6.87. The van der Waals surface area contributed by atoms with Gasteiger partial charge < -0.3 is 10.1 Å². The average molecular weight is 282 g/mol. The van der Waals surface area contributed by atoms with E-state index in [0.717, 1.165) is 18.7 Å². The Labute approximate surface area is 120 Å². The normalized spacial score (nSPS) is 18.9. The maximum atomic E-state index is 11.3. The highest BCUT2D eigenvalue weighted by Gasteiger charge is 2.09. The molecule has 4 heteroatoms. The molecule has 1 aliphatic rings. The maximum absolute atomic E-state index is 11.3. The second-order valence-corrected chi connectivity index (χ2v) is 4.58. The number of piperidine rings is 1. The average Bonchev–Trinajstić information content (AvgIpc) is 2.46. The lowest BCUT2D eigenvalue weighted by atomic mass is 9.98. The van der Waals surface area contributed by atoms with E-state index < -0.39 is 0 Å². The van der Waals surface area contributed by atoms with Crippen LogP contribution in [0.5, 0.6) is 0 Å². The predicted molar refractivity (Wildman–Crippen MR) is 79.7 cm³/mol. The van der Waals surface area contributed by atoms with Gasteiger partial charge >= 0.3 is 5.97 Å². The van der Waals surface area contributed by atoms with Crippen LogP contribution in [-0.2, 0) is 4.74 Å². The SMILES string of the molecule is COC(=O)c1ccc(/C=C/C2CCCNC2)cc1.Cl. The number of benzene rings is 1. The minimum atomic E-state index is -0.290. The van der Waals surface area contributed by atoms with Crippen LogP contribution in [0.3, 0.4) is 0 Å². The van der Waals surface area contributed by atoms with E-state index >= 15 is 0 Å². The smallest absolute Gasteiger partial charge is 0.337 e. The van der Waals surface area contributed by atoms with Gasteiger partial charge in [0.15, 0.2) is 0 Å². The van der Waals surface area contributed by atoms with Crippen molar-refractivity contribution in [2.75, 3.05) is 20.2 Å². The molecule has 104 valence electrons. The molecule has 3 nitrogen and oxygen atoms in total.